The molecule has 4 amide bonds. The highest BCUT2D eigenvalue weighted by Gasteiger charge is 2.43. The zero-order valence-electron chi connectivity index (χ0n) is 39.1. The van der Waals surface area contributed by atoms with Crippen LogP contribution in [0.3, 0.4) is 0 Å². The van der Waals surface area contributed by atoms with Gasteiger partial charge >= 0.3 is 12.2 Å². The van der Waals surface area contributed by atoms with Crippen molar-refractivity contribution in [3.63, 3.8) is 0 Å². The molecule has 0 radical (unpaired) electrons. The number of imidazole rings is 2. The molecule has 14 heteroatoms. The van der Waals surface area contributed by atoms with E-state index in [0.29, 0.717) is 13.1 Å². The largest absolute Gasteiger partial charge is 0.453 e. The van der Waals surface area contributed by atoms with Gasteiger partial charge in [0.1, 0.15) is 23.7 Å². The number of amides is 4. The van der Waals surface area contributed by atoms with Gasteiger partial charge < -0.3 is 39.9 Å². The minimum absolute atomic E-state index is 0.0252. The third-order valence-corrected chi connectivity index (χ3v) is 13.9. The number of carbonyl (C=O) groups is 4. The fourth-order valence-electron chi connectivity index (χ4n) is 10.3. The number of aromatic nitrogens is 4. The average molecular weight is 885 g/mol. The summed E-state index contributed by atoms with van der Waals surface area (Å²) in [6, 6.07) is 13.9. The molecule has 0 spiro atoms. The number of aromatic amines is 2. The van der Waals surface area contributed by atoms with E-state index >= 15 is 0 Å². The van der Waals surface area contributed by atoms with Crippen LogP contribution in [0.25, 0.3) is 16.8 Å². The Kier molecular flexibility index (Phi) is 12.8. The SMILES string of the molecule is COC(=O)N[C@H](C(=O)N1CCC[C@H]1c1ncc(C2=CC3c4ccc(-c5cnc([C@@H]6CCCN6C(=O)[C@@H](NC(=O)OC)C(C)C)[nH]5)cc4C(c4ccc(C(C)(C)C)cc4)C3C=C2)[nH]1)C(C)C. The number of allylic oxidation sites excluding steroid dienone is 4. The lowest BCUT2D eigenvalue weighted by Gasteiger charge is -2.30. The van der Waals surface area contributed by atoms with Crippen molar-refractivity contribution in [3.05, 3.63) is 113 Å². The van der Waals surface area contributed by atoms with Gasteiger partial charge in [-0.2, -0.15) is 0 Å². The topological polar surface area (TPSA) is 175 Å². The van der Waals surface area contributed by atoms with Crippen LogP contribution in [0.15, 0.2) is 73.1 Å². The molecule has 344 valence electrons. The minimum Gasteiger partial charge on any atom is -0.453 e. The van der Waals surface area contributed by atoms with Crippen molar-refractivity contribution in [2.24, 2.45) is 17.8 Å². The fourth-order valence-corrected chi connectivity index (χ4v) is 10.3. The first kappa shape index (κ1) is 45.4. The smallest absolute Gasteiger partial charge is 0.407 e. The maximum atomic E-state index is 13.9. The molecule has 0 bridgehead atoms. The van der Waals surface area contributed by atoms with Crippen LogP contribution in [0, 0.1) is 17.8 Å². The van der Waals surface area contributed by atoms with Gasteiger partial charge in [0.05, 0.1) is 50.1 Å². The first-order valence-corrected chi connectivity index (χ1v) is 23.1. The van der Waals surface area contributed by atoms with Crippen LogP contribution >= 0.6 is 0 Å². The molecule has 2 saturated heterocycles. The van der Waals surface area contributed by atoms with E-state index in [0.717, 1.165) is 59.9 Å². The third-order valence-electron chi connectivity index (χ3n) is 13.9. The number of methoxy groups -OCH3 is 2. The number of benzene rings is 2. The summed E-state index contributed by atoms with van der Waals surface area (Å²) in [5.74, 6) is 1.31. The predicted octanol–water partition coefficient (Wildman–Crippen LogP) is 8.68. The van der Waals surface area contributed by atoms with Gasteiger partial charge in [0, 0.05) is 24.9 Å². The van der Waals surface area contributed by atoms with Crippen LogP contribution in [0.4, 0.5) is 9.59 Å². The molecule has 2 aliphatic carbocycles. The molecular formula is C51H64N8O6. The van der Waals surface area contributed by atoms with E-state index in [2.05, 4.69) is 102 Å². The predicted molar refractivity (Wildman–Crippen MR) is 249 cm³/mol. The van der Waals surface area contributed by atoms with Crippen molar-refractivity contribution in [2.75, 3.05) is 27.3 Å². The molecular weight excluding hydrogens is 821 g/mol. The highest BCUT2D eigenvalue weighted by Crippen LogP contribution is 2.54. The molecule has 8 rings (SSSR count). The van der Waals surface area contributed by atoms with Crippen molar-refractivity contribution < 1.29 is 28.7 Å². The van der Waals surface area contributed by atoms with Crippen LogP contribution in [-0.4, -0.2) is 93.1 Å². The minimum atomic E-state index is -0.708. The van der Waals surface area contributed by atoms with Crippen molar-refractivity contribution in [2.45, 2.75) is 116 Å². The van der Waals surface area contributed by atoms with Crippen molar-refractivity contribution in [1.29, 1.82) is 0 Å². The number of alkyl carbamates (subject to hydrolysis) is 2. The van der Waals surface area contributed by atoms with Crippen molar-refractivity contribution in [1.82, 2.24) is 40.4 Å². The van der Waals surface area contributed by atoms with E-state index in [1.165, 1.54) is 36.5 Å². The van der Waals surface area contributed by atoms with Gasteiger partial charge in [0.2, 0.25) is 11.8 Å². The normalized spacial score (nSPS) is 22.4. The molecule has 7 atom stereocenters. The Morgan fingerprint density at radius 2 is 1.28 bits per heavy atom. The second-order valence-electron chi connectivity index (χ2n) is 19.7. The maximum Gasteiger partial charge on any atom is 0.407 e. The number of hydrogen-bond acceptors (Lipinski definition) is 8. The van der Waals surface area contributed by atoms with Gasteiger partial charge in [0.15, 0.2) is 0 Å². The summed E-state index contributed by atoms with van der Waals surface area (Å²) in [6.07, 6.45) is 12.6. The summed E-state index contributed by atoms with van der Waals surface area (Å²) in [4.78, 5) is 72.5. The standard InChI is InChI=1S/C51H64N8O6/c1-28(2)43(56-49(62)64-8)47(60)58-22-10-12-40(58)45-52-26-38(54-45)31-17-21-35-36(24-31)34-20-16-32(25-37(34)42(35)30-14-18-33(19-15-30)51(5,6)7)39-27-53-46(55-39)41-13-11-23-59(41)48(61)44(29(3)4)57-50(63)65-9/h14-21,24-29,35-36,40-44H,10-13,22-23H2,1-9H3,(H,52,54)(H,53,55)(H,56,62)(H,57,63)/t35?,36?,40-,41-,42?,43-,44-/m0/s1. The Balaban J connectivity index is 1.09. The van der Waals surface area contributed by atoms with Gasteiger partial charge in [0.25, 0.3) is 0 Å². The summed E-state index contributed by atoms with van der Waals surface area (Å²) in [6.45, 7) is 15.5. The highest BCUT2D eigenvalue weighted by molar-refractivity contribution is 5.87. The number of rotatable bonds is 11. The van der Waals surface area contributed by atoms with E-state index in [1.807, 2.05) is 49.9 Å². The molecule has 2 aromatic heterocycles. The van der Waals surface area contributed by atoms with E-state index in [-0.39, 0.29) is 58.9 Å². The first-order valence-electron chi connectivity index (χ1n) is 23.1. The third kappa shape index (κ3) is 8.96. The van der Waals surface area contributed by atoms with Gasteiger partial charge in [-0.05, 0) is 88.3 Å². The lowest BCUT2D eigenvalue weighted by Crippen LogP contribution is -2.51. The van der Waals surface area contributed by atoms with E-state index < -0.39 is 24.3 Å². The van der Waals surface area contributed by atoms with E-state index in [1.54, 1.807) is 0 Å². The fraction of sp³-hybridized carbons (Fsp3) is 0.490. The number of carbonyl (C=O) groups excluding carboxylic acids is 4. The second-order valence-corrected chi connectivity index (χ2v) is 19.7. The molecule has 4 heterocycles. The first-order chi connectivity index (χ1) is 31.1. The molecule has 4 N–H and O–H groups in total. The Labute approximate surface area is 382 Å². The van der Waals surface area contributed by atoms with Gasteiger partial charge in [-0.25, -0.2) is 19.6 Å². The number of fused-ring (bicyclic) bond motifs is 3. The van der Waals surface area contributed by atoms with Gasteiger partial charge in [-0.1, -0.05) is 103 Å². The summed E-state index contributed by atoms with van der Waals surface area (Å²) in [7, 11) is 2.60. The Morgan fingerprint density at radius 1 is 0.738 bits per heavy atom. The van der Waals surface area contributed by atoms with Crippen molar-refractivity contribution >= 4 is 29.6 Å². The molecule has 3 unspecified atom stereocenters. The Hall–Kier alpha value is -6.18. The molecule has 4 aliphatic rings. The number of nitrogens with one attached hydrogen (secondary N) is 4. The number of H-pyrrole nitrogens is 2. The summed E-state index contributed by atoms with van der Waals surface area (Å²) >= 11 is 0. The summed E-state index contributed by atoms with van der Waals surface area (Å²) in [5, 5.41) is 5.47. The molecule has 4 aromatic rings. The number of ether oxygens (including phenoxy) is 2. The van der Waals surface area contributed by atoms with Crippen molar-refractivity contribution in [3.8, 4) is 11.3 Å². The molecule has 14 nitrogen and oxygen atoms in total. The average Bonchev–Trinajstić information content (AvgIpc) is 4.15. The van der Waals surface area contributed by atoms with Crippen LogP contribution in [0.5, 0.6) is 0 Å². The van der Waals surface area contributed by atoms with Crippen LogP contribution < -0.4 is 10.6 Å². The monoisotopic (exact) mass is 884 g/mol. The van der Waals surface area contributed by atoms with E-state index in [9.17, 15) is 19.2 Å². The summed E-state index contributed by atoms with van der Waals surface area (Å²) in [5.41, 5.74) is 8.93. The lowest BCUT2D eigenvalue weighted by atomic mass is 9.78. The van der Waals surface area contributed by atoms with Crippen LogP contribution in [0.2, 0.25) is 0 Å². The molecule has 2 fully saturated rings. The number of hydrogen-bond donors (Lipinski definition) is 4. The zero-order chi connectivity index (χ0) is 46.3. The van der Waals surface area contributed by atoms with Gasteiger partial charge in [-0.3, -0.25) is 9.59 Å². The highest BCUT2D eigenvalue weighted by atomic mass is 16.5. The number of nitrogens with zero attached hydrogens (tertiary/aromatic N) is 4. The molecule has 2 aliphatic heterocycles. The molecule has 65 heavy (non-hydrogen) atoms. The Morgan fingerprint density at radius 3 is 1.80 bits per heavy atom. The Bertz CT molecular complexity index is 2480. The second kappa shape index (κ2) is 18.4. The molecule has 0 saturated carbocycles. The van der Waals surface area contributed by atoms with Gasteiger partial charge in [-0.15, -0.1) is 0 Å². The zero-order valence-corrected chi connectivity index (χ0v) is 39.1. The number of likely N-dealkylation sites (tertiary alicyclic amines) is 2. The summed E-state index contributed by atoms with van der Waals surface area (Å²) < 4.78 is 9.65. The van der Waals surface area contributed by atoms with Crippen LogP contribution in [0.1, 0.15) is 138 Å². The quantitative estimate of drug-likeness (QED) is 0.116. The lowest BCUT2D eigenvalue weighted by molar-refractivity contribution is -0.136. The maximum absolute atomic E-state index is 13.9. The van der Waals surface area contributed by atoms with Crippen LogP contribution in [-0.2, 0) is 24.5 Å². The van der Waals surface area contributed by atoms with E-state index in [4.69, 9.17) is 19.4 Å². The molecule has 2 aromatic carbocycles.